The summed E-state index contributed by atoms with van der Waals surface area (Å²) in [6.45, 7) is 0.0236. The van der Waals surface area contributed by atoms with Gasteiger partial charge in [-0.05, 0) is 18.2 Å². The Kier molecular flexibility index (Phi) is 3.36. The van der Waals surface area contributed by atoms with E-state index in [1.165, 1.54) is 18.2 Å². The molecule has 1 heterocycles. The summed E-state index contributed by atoms with van der Waals surface area (Å²) in [5.41, 5.74) is -0.757. The zero-order chi connectivity index (χ0) is 15.9. The van der Waals surface area contributed by atoms with Gasteiger partial charge in [0.15, 0.2) is 34.8 Å². The second-order valence-corrected chi connectivity index (χ2v) is 4.37. The summed E-state index contributed by atoms with van der Waals surface area (Å²) in [4.78, 5) is 11.9. The van der Waals surface area contributed by atoms with Gasteiger partial charge in [0.05, 0.1) is 5.56 Å². The van der Waals surface area contributed by atoms with Crippen LogP contribution in [0.5, 0.6) is 11.5 Å². The van der Waals surface area contributed by atoms with Gasteiger partial charge in [0.2, 0.25) is 6.79 Å². The number of anilines is 1. The molecule has 8 heteroatoms. The van der Waals surface area contributed by atoms with Gasteiger partial charge in [0.1, 0.15) is 0 Å². The van der Waals surface area contributed by atoms with Crippen LogP contribution >= 0.6 is 0 Å². The molecule has 0 aliphatic carbocycles. The highest BCUT2D eigenvalue weighted by molar-refractivity contribution is 6.04. The first kappa shape index (κ1) is 14.2. The van der Waals surface area contributed by atoms with E-state index in [9.17, 15) is 22.4 Å². The van der Waals surface area contributed by atoms with E-state index >= 15 is 0 Å². The topological polar surface area (TPSA) is 47.6 Å². The monoisotopic (exact) mass is 313 g/mol. The number of amides is 1. The Labute approximate surface area is 121 Å². The Morgan fingerprint density at radius 1 is 0.955 bits per heavy atom. The van der Waals surface area contributed by atoms with Crippen molar-refractivity contribution in [1.82, 2.24) is 0 Å². The van der Waals surface area contributed by atoms with Crippen LogP contribution in [-0.2, 0) is 0 Å². The SMILES string of the molecule is O=C(Nc1ccc2c(c1)OCO2)c1cc(F)c(F)c(F)c1F. The standard InChI is InChI=1S/C14H7F4NO3/c15-8-4-7(11(16)13(18)12(8)17)14(20)19-6-1-2-9-10(3-6)22-5-21-9/h1-4H,5H2,(H,19,20). The number of hydrogen-bond acceptors (Lipinski definition) is 3. The Balaban J connectivity index is 1.89. The molecule has 22 heavy (non-hydrogen) atoms. The lowest BCUT2D eigenvalue weighted by Gasteiger charge is -2.08. The van der Waals surface area contributed by atoms with E-state index in [0.29, 0.717) is 11.5 Å². The van der Waals surface area contributed by atoms with Crippen LogP contribution in [-0.4, -0.2) is 12.7 Å². The van der Waals surface area contributed by atoms with E-state index in [0.717, 1.165) is 0 Å². The smallest absolute Gasteiger partial charge is 0.258 e. The van der Waals surface area contributed by atoms with Crippen molar-refractivity contribution in [3.05, 3.63) is 53.1 Å². The largest absolute Gasteiger partial charge is 0.454 e. The molecule has 0 radical (unpaired) electrons. The number of nitrogens with one attached hydrogen (secondary N) is 1. The molecule has 0 aromatic heterocycles. The average Bonchev–Trinajstić information content (AvgIpc) is 2.96. The quantitative estimate of drug-likeness (QED) is 0.526. The zero-order valence-electron chi connectivity index (χ0n) is 10.8. The van der Waals surface area contributed by atoms with E-state index in [4.69, 9.17) is 9.47 Å². The number of carbonyl (C=O) groups excluding carboxylic acids is 1. The second kappa shape index (κ2) is 5.21. The normalized spacial score (nSPS) is 12.4. The summed E-state index contributed by atoms with van der Waals surface area (Å²) >= 11 is 0. The van der Waals surface area contributed by atoms with Crippen LogP contribution in [0.1, 0.15) is 10.4 Å². The molecule has 2 aromatic carbocycles. The van der Waals surface area contributed by atoms with Gasteiger partial charge in [-0.3, -0.25) is 4.79 Å². The highest BCUT2D eigenvalue weighted by atomic mass is 19.2. The molecule has 114 valence electrons. The molecule has 0 saturated carbocycles. The average molecular weight is 313 g/mol. The van der Waals surface area contributed by atoms with Crippen molar-refractivity contribution in [1.29, 1.82) is 0 Å². The van der Waals surface area contributed by atoms with Crippen LogP contribution in [0, 0.1) is 23.3 Å². The molecule has 1 amide bonds. The van der Waals surface area contributed by atoms with Crippen molar-refractivity contribution < 1.29 is 31.8 Å². The molecule has 3 rings (SSSR count). The van der Waals surface area contributed by atoms with Gasteiger partial charge in [-0.1, -0.05) is 0 Å². The molecule has 0 spiro atoms. The fourth-order valence-electron chi connectivity index (χ4n) is 1.91. The minimum atomic E-state index is -2.05. The minimum Gasteiger partial charge on any atom is -0.454 e. The Hall–Kier alpha value is -2.77. The fraction of sp³-hybridized carbons (Fsp3) is 0.0714. The van der Waals surface area contributed by atoms with Crippen molar-refractivity contribution in [3.8, 4) is 11.5 Å². The third-order valence-electron chi connectivity index (χ3n) is 2.98. The maximum Gasteiger partial charge on any atom is 0.258 e. The Morgan fingerprint density at radius 3 is 2.45 bits per heavy atom. The van der Waals surface area contributed by atoms with Gasteiger partial charge in [0.25, 0.3) is 5.91 Å². The number of benzene rings is 2. The third-order valence-corrected chi connectivity index (χ3v) is 2.98. The predicted octanol–water partition coefficient (Wildman–Crippen LogP) is 3.22. The maximum absolute atomic E-state index is 13.5. The van der Waals surface area contributed by atoms with Gasteiger partial charge in [-0.2, -0.15) is 0 Å². The molecule has 1 aliphatic rings. The van der Waals surface area contributed by atoms with Gasteiger partial charge in [-0.15, -0.1) is 0 Å². The lowest BCUT2D eigenvalue weighted by molar-refractivity contribution is 0.102. The molecule has 0 fully saturated rings. The van der Waals surface area contributed by atoms with E-state index in [1.54, 1.807) is 0 Å². The summed E-state index contributed by atoms with van der Waals surface area (Å²) in [5.74, 6) is -7.76. The van der Waals surface area contributed by atoms with E-state index in [-0.39, 0.29) is 18.5 Å². The Morgan fingerprint density at radius 2 is 1.68 bits per heavy atom. The molecule has 0 atom stereocenters. The maximum atomic E-state index is 13.5. The number of hydrogen-bond donors (Lipinski definition) is 1. The third kappa shape index (κ3) is 2.32. The van der Waals surface area contributed by atoms with Gasteiger partial charge in [-0.25, -0.2) is 17.6 Å². The lowest BCUT2D eigenvalue weighted by atomic mass is 10.1. The summed E-state index contributed by atoms with van der Waals surface area (Å²) in [7, 11) is 0. The van der Waals surface area contributed by atoms with Crippen molar-refractivity contribution in [2.24, 2.45) is 0 Å². The molecule has 4 nitrogen and oxygen atoms in total. The summed E-state index contributed by atoms with van der Waals surface area (Å²) in [6, 6.07) is 4.62. The minimum absolute atomic E-state index is 0.0236. The van der Waals surface area contributed by atoms with Crippen molar-refractivity contribution in [2.45, 2.75) is 0 Å². The van der Waals surface area contributed by atoms with Crippen molar-refractivity contribution in [2.75, 3.05) is 12.1 Å². The lowest BCUT2D eigenvalue weighted by Crippen LogP contribution is -2.16. The zero-order valence-corrected chi connectivity index (χ0v) is 10.8. The van der Waals surface area contributed by atoms with Crippen LogP contribution < -0.4 is 14.8 Å². The van der Waals surface area contributed by atoms with E-state index in [2.05, 4.69) is 5.32 Å². The van der Waals surface area contributed by atoms with Crippen LogP contribution in [0.25, 0.3) is 0 Å². The van der Waals surface area contributed by atoms with E-state index in [1.807, 2.05) is 0 Å². The summed E-state index contributed by atoms with van der Waals surface area (Å²) in [6.07, 6.45) is 0. The fourth-order valence-corrected chi connectivity index (χ4v) is 1.91. The number of carbonyl (C=O) groups is 1. The van der Waals surface area contributed by atoms with Gasteiger partial charge in [0, 0.05) is 11.8 Å². The van der Waals surface area contributed by atoms with E-state index < -0.39 is 34.7 Å². The summed E-state index contributed by atoms with van der Waals surface area (Å²) < 4.78 is 62.8. The number of halogens is 4. The molecule has 2 aromatic rings. The second-order valence-electron chi connectivity index (χ2n) is 4.37. The Bertz CT molecular complexity index is 779. The van der Waals surface area contributed by atoms with Crippen molar-refractivity contribution in [3.63, 3.8) is 0 Å². The first-order valence-electron chi connectivity index (χ1n) is 6.01. The molecule has 1 N–H and O–H groups in total. The molecule has 0 bridgehead atoms. The highest BCUT2D eigenvalue weighted by Crippen LogP contribution is 2.34. The summed E-state index contributed by atoms with van der Waals surface area (Å²) in [5, 5.41) is 2.23. The van der Waals surface area contributed by atoms with Crippen molar-refractivity contribution >= 4 is 11.6 Å². The predicted molar refractivity (Wildman–Crippen MR) is 66.8 cm³/mol. The number of rotatable bonds is 2. The molecule has 1 aliphatic heterocycles. The molecular weight excluding hydrogens is 306 g/mol. The molecular formula is C14H7F4NO3. The first-order chi connectivity index (χ1) is 10.5. The van der Waals surface area contributed by atoms with Gasteiger partial charge < -0.3 is 14.8 Å². The van der Waals surface area contributed by atoms with Crippen LogP contribution in [0.2, 0.25) is 0 Å². The molecule has 0 saturated heterocycles. The van der Waals surface area contributed by atoms with Crippen LogP contribution in [0.15, 0.2) is 24.3 Å². The van der Waals surface area contributed by atoms with Gasteiger partial charge >= 0.3 is 0 Å². The molecule has 0 unspecified atom stereocenters. The first-order valence-corrected chi connectivity index (χ1v) is 6.01. The highest BCUT2D eigenvalue weighted by Gasteiger charge is 2.23. The van der Waals surface area contributed by atoms with Crippen LogP contribution in [0.3, 0.4) is 0 Å². The van der Waals surface area contributed by atoms with Crippen LogP contribution in [0.4, 0.5) is 23.2 Å². The number of fused-ring (bicyclic) bond motifs is 1. The number of ether oxygens (including phenoxy) is 2.